The maximum Gasteiger partial charge on any atom is 0.336 e. The van der Waals surface area contributed by atoms with Crippen molar-refractivity contribution in [2.75, 3.05) is 0 Å². The Kier molecular flexibility index (Phi) is 8.69. The molecule has 0 aliphatic rings. The van der Waals surface area contributed by atoms with Crippen molar-refractivity contribution in [3.8, 4) is 34.1 Å². The summed E-state index contributed by atoms with van der Waals surface area (Å²) in [4.78, 5) is 30.6. The molecule has 0 fully saturated rings. The van der Waals surface area contributed by atoms with Crippen LogP contribution in [-0.2, 0) is 13.0 Å². The van der Waals surface area contributed by atoms with Gasteiger partial charge in [0.25, 0.3) is 5.43 Å². The second-order valence-electron chi connectivity index (χ2n) is 10.7. The topological polar surface area (TPSA) is 90.7 Å². The molecule has 0 atom stereocenters. The van der Waals surface area contributed by atoms with E-state index in [-0.39, 0.29) is 22.5 Å². The van der Waals surface area contributed by atoms with Gasteiger partial charge in [-0.05, 0) is 53.4 Å². The zero-order valence-electron chi connectivity index (χ0n) is 24.9. The first-order chi connectivity index (χ1) is 22.0. The number of aromatic nitrogens is 2. The van der Waals surface area contributed by atoms with Crippen molar-refractivity contribution in [2.45, 2.75) is 32.7 Å². The SMILES string of the molecule is CCCCc1nc2cc(Oc3ccccc3)c(=O)c(Oc3ccccc3)cc2n1Cc1ccc(-c2ccccc2C(=O)O)cc1. The van der Waals surface area contributed by atoms with Crippen LogP contribution in [0.15, 0.2) is 126 Å². The highest BCUT2D eigenvalue weighted by atomic mass is 16.5. The molecule has 0 aliphatic heterocycles. The van der Waals surface area contributed by atoms with Crippen molar-refractivity contribution in [1.82, 2.24) is 9.55 Å². The average Bonchev–Trinajstić information content (AvgIpc) is 3.32. The number of hydrogen-bond acceptors (Lipinski definition) is 5. The lowest BCUT2D eigenvalue weighted by atomic mass is 9.99. The lowest BCUT2D eigenvalue weighted by molar-refractivity contribution is 0.0697. The van der Waals surface area contributed by atoms with Gasteiger partial charge in [0, 0.05) is 25.1 Å². The van der Waals surface area contributed by atoms with Gasteiger partial charge in [-0.25, -0.2) is 9.78 Å². The number of benzene rings is 4. The molecule has 45 heavy (non-hydrogen) atoms. The van der Waals surface area contributed by atoms with Crippen LogP contribution in [0.2, 0.25) is 0 Å². The minimum Gasteiger partial charge on any atom is -0.478 e. The van der Waals surface area contributed by atoms with Gasteiger partial charge in [-0.15, -0.1) is 0 Å². The fourth-order valence-electron chi connectivity index (χ4n) is 5.27. The second kappa shape index (κ2) is 13.3. The number of imidazole rings is 1. The summed E-state index contributed by atoms with van der Waals surface area (Å²) >= 11 is 0. The lowest BCUT2D eigenvalue weighted by Gasteiger charge is -2.11. The number of rotatable bonds is 11. The maximum absolute atomic E-state index is 13.8. The van der Waals surface area contributed by atoms with Gasteiger partial charge in [-0.2, -0.15) is 0 Å². The van der Waals surface area contributed by atoms with Gasteiger partial charge in [-0.1, -0.05) is 92.2 Å². The molecule has 0 aliphatic carbocycles. The Hall–Kier alpha value is -5.69. The molecule has 0 amide bonds. The molecule has 0 unspecified atom stereocenters. The first-order valence-electron chi connectivity index (χ1n) is 14.9. The monoisotopic (exact) mass is 596 g/mol. The van der Waals surface area contributed by atoms with Gasteiger partial charge in [-0.3, -0.25) is 4.79 Å². The molecule has 0 radical (unpaired) electrons. The van der Waals surface area contributed by atoms with Crippen LogP contribution in [0.3, 0.4) is 0 Å². The number of carbonyl (C=O) groups is 1. The van der Waals surface area contributed by atoms with Crippen LogP contribution in [0.1, 0.15) is 41.5 Å². The number of unbranched alkanes of at least 4 members (excludes halogenated alkanes) is 1. The Balaban J connectivity index is 1.46. The fourth-order valence-corrected chi connectivity index (χ4v) is 5.27. The number of ether oxygens (including phenoxy) is 2. The van der Waals surface area contributed by atoms with Crippen LogP contribution in [0.25, 0.3) is 22.2 Å². The summed E-state index contributed by atoms with van der Waals surface area (Å²) in [5, 5.41) is 9.66. The number of aryl methyl sites for hydroxylation is 1. The van der Waals surface area contributed by atoms with E-state index in [1.807, 2.05) is 72.8 Å². The van der Waals surface area contributed by atoms with Crippen molar-refractivity contribution in [2.24, 2.45) is 0 Å². The summed E-state index contributed by atoms with van der Waals surface area (Å²) in [5.41, 5.74) is 3.73. The smallest absolute Gasteiger partial charge is 0.336 e. The number of carboxylic acids is 1. The quantitative estimate of drug-likeness (QED) is 0.161. The van der Waals surface area contributed by atoms with E-state index in [9.17, 15) is 14.7 Å². The molecule has 0 saturated heterocycles. The van der Waals surface area contributed by atoms with Crippen LogP contribution in [0.5, 0.6) is 23.0 Å². The molecule has 1 aromatic heterocycles. The summed E-state index contributed by atoms with van der Waals surface area (Å²) in [5.74, 6) is 1.25. The molecule has 0 bridgehead atoms. The molecule has 5 aromatic carbocycles. The highest BCUT2D eigenvalue weighted by Crippen LogP contribution is 2.30. The van der Waals surface area contributed by atoms with E-state index in [1.54, 1.807) is 48.5 Å². The van der Waals surface area contributed by atoms with Gasteiger partial charge in [0.05, 0.1) is 16.6 Å². The third-order valence-electron chi connectivity index (χ3n) is 7.56. The Morgan fingerprint density at radius 2 is 1.38 bits per heavy atom. The summed E-state index contributed by atoms with van der Waals surface area (Å²) in [7, 11) is 0. The van der Waals surface area contributed by atoms with E-state index in [2.05, 4.69) is 11.5 Å². The molecular formula is C38H32N2O5. The first kappa shape index (κ1) is 29.4. The zero-order valence-corrected chi connectivity index (χ0v) is 24.9. The van der Waals surface area contributed by atoms with Crippen molar-refractivity contribution in [3.63, 3.8) is 0 Å². The molecular weight excluding hydrogens is 564 g/mol. The van der Waals surface area contributed by atoms with Crippen LogP contribution >= 0.6 is 0 Å². The van der Waals surface area contributed by atoms with E-state index < -0.39 is 5.97 Å². The maximum atomic E-state index is 13.8. The molecule has 224 valence electrons. The number of fused-ring (bicyclic) bond motifs is 1. The highest BCUT2D eigenvalue weighted by molar-refractivity contribution is 5.96. The molecule has 6 aromatic rings. The van der Waals surface area contributed by atoms with Gasteiger partial charge in [0.2, 0.25) is 0 Å². The standard InChI is InChI=1S/C38H32N2O5/c1-2-3-18-36-39-32-23-34(44-28-12-6-4-7-13-28)37(41)35(45-29-14-8-5-9-15-29)24-33(32)40(36)25-26-19-21-27(22-20-26)30-16-10-11-17-31(30)38(42)43/h4-17,19-24H,2-3,18,25H2,1H3,(H,42,43). The third kappa shape index (κ3) is 6.63. The van der Waals surface area contributed by atoms with Gasteiger partial charge in [0.15, 0.2) is 11.5 Å². The summed E-state index contributed by atoms with van der Waals surface area (Å²) in [6, 6.07) is 36.7. The van der Waals surface area contributed by atoms with Crippen molar-refractivity contribution in [3.05, 3.63) is 149 Å². The molecule has 7 heteroatoms. The van der Waals surface area contributed by atoms with Crippen LogP contribution < -0.4 is 14.9 Å². The van der Waals surface area contributed by atoms with E-state index in [0.29, 0.717) is 29.1 Å². The van der Waals surface area contributed by atoms with E-state index in [0.717, 1.165) is 41.7 Å². The number of aromatic carboxylic acids is 1. The van der Waals surface area contributed by atoms with E-state index >= 15 is 0 Å². The Morgan fingerprint density at radius 1 is 0.778 bits per heavy atom. The van der Waals surface area contributed by atoms with Crippen molar-refractivity contribution in [1.29, 1.82) is 0 Å². The minimum atomic E-state index is -0.963. The predicted octanol–water partition coefficient (Wildman–Crippen LogP) is 8.74. The third-order valence-corrected chi connectivity index (χ3v) is 7.56. The number of carboxylic acid groups (broad SMARTS) is 1. The first-order valence-corrected chi connectivity index (χ1v) is 14.9. The van der Waals surface area contributed by atoms with Crippen LogP contribution in [0.4, 0.5) is 0 Å². The van der Waals surface area contributed by atoms with E-state index in [1.165, 1.54) is 0 Å². The summed E-state index contributed by atoms with van der Waals surface area (Å²) in [6.07, 6.45) is 2.71. The fraction of sp³-hybridized carbons (Fsp3) is 0.132. The Labute approximate surface area is 261 Å². The van der Waals surface area contributed by atoms with Crippen LogP contribution in [0, 0.1) is 0 Å². The van der Waals surface area contributed by atoms with Crippen molar-refractivity contribution < 1.29 is 19.4 Å². The van der Waals surface area contributed by atoms with Gasteiger partial charge < -0.3 is 19.1 Å². The second-order valence-corrected chi connectivity index (χ2v) is 10.7. The molecule has 7 nitrogen and oxygen atoms in total. The highest BCUT2D eigenvalue weighted by Gasteiger charge is 2.18. The minimum absolute atomic E-state index is 0.121. The Bertz CT molecular complexity index is 2000. The van der Waals surface area contributed by atoms with E-state index in [4.69, 9.17) is 14.5 Å². The number of nitrogens with zero attached hydrogens (tertiary/aromatic N) is 2. The molecule has 1 N–H and O–H groups in total. The Morgan fingerprint density at radius 3 is 2.00 bits per heavy atom. The summed E-state index contributed by atoms with van der Waals surface area (Å²) < 4.78 is 14.4. The number of hydrogen-bond donors (Lipinski definition) is 1. The number of para-hydroxylation sites is 2. The molecule has 0 spiro atoms. The van der Waals surface area contributed by atoms with Gasteiger partial charge in [0.1, 0.15) is 17.3 Å². The van der Waals surface area contributed by atoms with Crippen LogP contribution in [-0.4, -0.2) is 20.6 Å². The molecule has 1 heterocycles. The zero-order chi connectivity index (χ0) is 31.2. The molecule has 6 rings (SSSR count). The van der Waals surface area contributed by atoms with Gasteiger partial charge >= 0.3 is 5.97 Å². The predicted molar refractivity (Wildman–Crippen MR) is 176 cm³/mol. The molecule has 0 saturated carbocycles. The summed E-state index contributed by atoms with van der Waals surface area (Å²) in [6.45, 7) is 2.64. The largest absolute Gasteiger partial charge is 0.478 e. The normalized spacial score (nSPS) is 11.0. The van der Waals surface area contributed by atoms with Crippen molar-refractivity contribution >= 4 is 17.0 Å². The lowest BCUT2D eigenvalue weighted by Crippen LogP contribution is -2.07. The average molecular weight is 597 g/mol.